The van der Waals surface area contributed by atoms with E-state index in [-0.39, 0.29) is 31.1 Å². The van der Waals surface area contributed by atoms with Gasteiger partial charge in [-0.3, -0.25) is 14.4 Å². The van der Waals surface area contributed by atoms with Crippen LogP contribution in [0.3, 0.4) is 0 Å². The summed E-state index contributed by atoms with van der Waals surface area (Å²) in [5.74, 6) is 0.769. The van der Waals surface area contributed by atoms with Gasteiger partial charge in [0.05, 0.1) is 0 Å². The van der Waals surface area contributed by atoms with Crippen LogP contribution in [0.15, 0.2) is 0 Å². The first-order valence-corrected chi connectivity index (χ1v) is 23.2. The molecule has 6 heteroatoms. The molecule has 0 aliphatic rings. The van der Waals surface area contributed by atoms with Gasteiger partial charge in [0, 0.05) is 19.3 Å². The molecular weight excluding hydrogens is 661 g/mol. The molecule has 0 fully saturated rings. The zero-order valence-corrected chi connectivity index (χ0v) is 36.1. The molecular formula is C47H90O6. The Hall–Kier alpha value is -1.59. The molecule has 0 aromatic carbocycles. The summed E-state index contributed by atoms with van der Waals surface area (Å²) < 4.78 is 16.7. The lowest BCUT2D eigenvalue weighted by atomic mass is 10.0. The number of esters is 3. The van der Waals surface area contributed by atoms with Gasteiger partial charge in [0.25, 0.3) is 0 Å². The molecule has 0 aliphatic heterocycles. The molecule has 0 aromatic rings. The van der Waals surface area contributed by atoms with Gasteiger partial charge in [-0.1, -0.05) is 214 Å². The summed E-state index contributed by atoms with van der Waals surface area (Å²) in [5, 5.41) is 0. The third-order valence-electron chi connectivity index (χ3n) is 10.5. The molecule has 314 valence electrons. The van der Waals surface area contributed by atoms with Crippen molar-refractivity contribution < 1.29 is 28.6 Å². The van der Waals surface area contributed by atoms with E-state index in [1.807, 2.05) is 0 Å². The predicted molar refractivity (Wildman–Crippen MR) is 224 cm³/mol. The summed E-state index contributed by atoms with van der Waals surface area (Å²) in [6.07, 6.45) is 38.0. The Kier molecular flexibility index (Phi) is 38.9. The Labute approximate surface area is 329 Å². The highest BCUT2D eigenvalue weighted by molar-refractivity contribution is 5.71. The van der Waals surface area contributed by atoms with E-state index in [2.05, 4.69) is 34.6 Å². The van der Waals surface area contributed by atoms with Crippen LogP contribution in [0.1, 0.15) is 253 Å². The van der Waals surface area contributed by atoms with Crippen molar-refractivity contribution in [1.82, 2.24) is 0 Å². The fourth-order valence-electron chi connectivity index (χ4n) is 6.93. The summed E-state index contributed by atoms with van der Waals surface area (Å²) in [5.41, 5.74) is 0. The molecule has 0 saturated carbocycles. The van der Waals surface area contributed by atoms with Crippen LogP contribution in [0.25, 0.3) is 0 Å². The molecule has 1 atom stereocenters. The summed E-state index contributed by atoms with van der Waals surface area (Å²) in [6, 6.07) is 0. The maximum Gasteiger partial charge on any atom is 0.306 e. The standard InChI is InChI=1S/C47H90O6/c1-6-7-8-9-10-11-17-24-29-34-39-47(50)53-44(41-52-46(49)38-33-28-23-19-14-16-21-26-31-36-43(4)5)40-51-45(48)37-32-27-22-18-13-12-15-20-25-30-35-42(2)3/h42-44H,6-41H2,1-5H3/t44-/m1/s1. The van der Waals surface area contributed by atoms with E-state index in [1.165, 1.54) is 141 Å². The Morgan fingerprint density at radius 1 is 0.358 bits per heavy atom. The lowest BCUT2D eigenvalue weighted by Gasteiger charge is -2.18. The number of ether oxygens (including phenoxy) is 3. The van der Waals surface area contributed by atoms with E-state index in [9.17, 15) is 14.4 Å². The van der Waals surface area contributed by atoms with E-state index in [0.717, 1.165) is 69.6 Å². The number of unbranched alkanes of at least 4 members (excludes halogenated alkanes) is 26. The molecule has 0 spiro atoms. The monoisotopic (exact) mass is 751 g/mol. The van der Waals surface area contributed by atoms with Gasteiger partial charge in [-0.2, -0.15) is 0 Å². The minimum atomic E-state index is -0.760. The van der Waals surface area contributed by atoms with Gasteiger partial charge in [0.1, 0.15) is 13.2 Å². The van der Waals surface area contributed by atoms with Crippen LogP contribution in [-0.2, 0) is 28.6 Å². The normalized spacial score (nSPS) is 12.1. The molecule has 0 saturated heterocycles. The predicted octanol–water partition coefficient (Wildman–Crippen LogP) is 14.6. The lowest BCUT2D eigenvalue weighted by Crippen LogP contribution is -2.30. The third kappa shape index (κ3) is 41.4. The average molecular weight is 751 g/mol. The second-order valence-electron chi connectivity index (χ2n) is 17.0. The van der Waals surface area contributed by atoms with Crippen molar-refractivity contribution >= 4 is 17.9 Å². The molecule has 0 rings (SSSR count). The van der Waals surface area contributed by atoms with Crippen molar-refractivity contribution in [3.63, 3.8) is 0 Å². The minimum absolute atomic E-state index is 0.0650. The molecule has 0 amide bonds. The lowest BCUT2D eigenvalue weighted by molar-refractivity contribution is -0.167. The van der Waals surface area contributed by atoms with E-state index < -0.39 is 6.10 Å². The van der Waals surface area contributed by atoms with Crippen LogP contribution in [0.5, 0.6) is 0 Å². The SMILES string of the molecule is CCCCCCCCCCCCC(=O)O[C@H](COC(=O)CCCCCCCCCCCCC(C)C)COC(=O)CCCCCCCCCCCC(C)C. The van der Waals surface area contributed by atoms with Crippen LogP contribution in [0, 0.1) is 11.8 Å². The molecule has 0 bridgehead atoms. The second-order valence-corrected chi connectivity index (χ2v) is 17.0. The molecule has 0 N–H and O–H groups in total. The number of hydrogen-bond donors (Lipinski definition) is 0. The van der Waals surface area contributed by atoms with Gasteiger partial charge in [-0.15, -0.1) is 0 Å². The molecule has 0 unspecified atom stereocenters. The first-order valence-electron chi connectivity index (χ1n) is 23.2. The molecule has 53 heavy (non-hydrogen) atoms. The molecule has 6 nitrogen and oxygen atoms in total. The van der Waals surface area contributed by atoms with E-state index >= 15 is 0 Å². The number of rotatable bonds is 41. The van der Waals surface area contributed by atoms with Crippen LogP contribution in [0.4, 0.5) is 0 Å². The second kappa shape index (κ2) is 40.1. The molecule has 0 aliphatic carbocycles. The Balaban J connectivity index is 4.32. The highest BCUT2D eigenvalue weighted by Crippen LogP contribution is 2.16. The highest BCUT2D eigenvalue weighted by Gasteiger charge is 2.19. The molecule has 0 heterocycles. The number of hydrogen-bond acceptors (Lipinski definition) is 6. The van der Waals surface area contributed by atoms with Crippen LogP contribution < -0.4 is 0 Å². The Bertz CT molecular complexity index is 809. The van der Waals surface area contributed by atoms with Gasteiger partial charge in [-0.25, -0.2) is 0 Å². The first kappa shape index (κ1) is 51.4. The van der Waals surface area contributed by atoms with Crippen molar-refractivity contribution in [3.8, 4) is 0 Å². The maximum atomic E-state index is 12.7. The summed E-state index contributed by atoms with van der Waals surface area (Å²) in [7, 11) is 0. The van der Waals surface area contributed by atoms with Gasteiger partial charge >= 0.3 is 17.9 Å². The zero-order chi connectivity index (χ0) is 39.0. The van der Waals surface area contributed by atoms with E-state index in [0.29, 0.717) is 19.3 Å². The van der Waals surface area contributed by atoms with Crippen molar-refractivity contribution in [1.29, 1.82) is 0 Å². The highest BCUT2D eigenvalue weighted by atomic mass is 16.6. The van der Waals surface area contributed by atoms with Crippen molar-refractivity contribution in [2.45, 2.75) is 259 Å². The number of carbonyl (C=O) groups is 3. The van der Waals surface area contributed by atoms with Crippen LogP contribution in [-0.4, -0.2) is 37.2 Å². The minimum Gasteiger partial charge on any atom is -0.462 e. The van der Waals surface area contributed by atoms with Crippen molar-refractivity contribution in [2.24, 2.45) is 11.8 Å². The molecule has 0 aromatic heterocycles. The smallest absolute Gasteiger partial charge is 0.306 e. The first-order chi connectivity index (χ1) is 25.7. The van der Waals surface area contributed by atoms with Crippen molar-refractivity contribution in [3.05, 3.63) is 0 Å². The van der Waals surface area contributed by atoms with E-state index in [1.54, 1.807) is 0 Å². The zero-order valence-electron chi connectivity index (χ0n) is 36.1. The largest absolute Gasteiger partial charge is 0.462 e. The fourth-order valence-corrected chi connectivity index (χ4v) is 6.93. The maximum absolute atomic E-state index is 12.7. The van der Waals surface area contributed by atoms with Gasteiger partial charge in [0.2, 0.25) is 0 Å². The summed E-state index contributed by atoms with van der Waals surface area (Å²) in [6.45, 7) is 11.3. The van der Waals surface area contributed by atoms with Crippen LogP contribution in [0.2, 0.25) is 0 Å². The van der Waals surface area contributed by atoms with Crippen molar-refractivity contribution in [2.75, 3.05) is 13.2 Å². The summed E-state index contributed by atoms with van der Waals surface area (Å²) >= 11 is 0. The van der Waals surface area contributed by atoms with Gasteiger partial charge < -0.3 is 14.2 Å². The molecule has 0 radical (unpaired) electrons. The van der Waals surface area contributed by atoms with Crippen LogP contribution >= 0.6 is 0 Å². The van der Waals surface area contributed by atoms with Gasteiger partial charge in [-0.05, 0) is 31.1 Å². The quantitative estimate of drug-likeness (QED) is 0.0352. The Morgan fingerprint density at radius 3 is 0.925 bits per heavy atom. The summed E-state index contributed by atoms with van der Waals surface area (Å²) in [4.78, 5) is 37.7. The topological polar surface area (TPSA) is 78.9 Å². The van der Waals surface area contributed by atoms with E-state index in [4.69, 9.17) is 14.2 Å². The fraction of sp³-hybridized carbons (Fsp3) is 0.936. The average Bonchev–Trinajstić information content (AvgIpc) is 3.12. The van der Waals surface area contributed by atoms with Gasteiger partial charge in [0.15, 0.2) is 6.10 Å². The third-order valence-corrected chi connectivity index (χ3v) is 10.5. The number of carbonyl (C=O) groups excluding carboxylic acids is 3. The Morgan fingerprint density at radius 2 is 0.623 bits per heavy atom.